The molecule has 8 heteroatoms. The lowest BCUT2D eigenvalue weighted by atomic mass is 10.2. The Morgan fingerprint density at radius 1 is 0.897 bits per heavy atom. The molecule has 0 aromatic heterocycles. The third-order valence-corrected chi connectivity index (χ3v) is 5.51. The zero-order valence-corrected chi connectivity index (χ0v) is 18.5. The number of hydrogen-bond acceptors (Lipinski definition) is 4. The van der Waals surface area contributed by atoms with Crippen LogP contribution >= 0.6 is 24.4 Å². The molecule has 0 radical (unpaired) electrons. The maximum atomic E-state index is 5.64. The summed E-state index contributed by atoms with van der Waals surface area (Å²) in [5, 5.41) is 8.02. The predicted octanol–water partition coefficient (Wildman–Crippen LogP) is 3.80. The van der Waals surface area contributed by atoms with Crippen molar-refractivity contribution in [1.29, 1.82) is 0 Å². The number of methoxy groups -OCH3 is 2. The maximum absolute atomic E-state index is 5.64. The second-order valence-electron chi connectivity index (χ2n) is 6.81. The fraction of sp³-hybridized carbons (Fsp3) is 0.333. The molecular weight excluding hydrogens is 404 g/mol. The minimum absolute atomic E-state index is 0.222. The van der Waals surface area contributed by atoms with Crippen molar-refractivity contribution in [3.8, 4) is 11.5 Å². The first-order valence-corrected chi connectivity index (χ1v) is 10.2. The van der Waals surface area contributed by atoms with E-state index in [0.717, 1.165) is 42.5 Å². The van der Waals surface area contributed by atoms with E-state index < -0.39 is 0 Å². The Kier molecular flexibility index (Phi) is 7.11. The van der Waals surface area contributed by atoms with Crippen molar-refractivity contribution in [2.24, 2.45) is 0 Å². The van der Waals surface area contributed by atoms with Gasteiger partial charge in [0, 0.05) is 49.2 Å². The number of piperazine rings is 1. The van der Waals surface area contributed by atoms with E-state index in [1.165, 1.54) is 0 Å². The molecule has 2 aromatic rings. The van der Waals surface area contributed by atoms with Gasteiger partial charge in [0.1, 0.15) is 11.5 Å². The van der Waals surface area contributed by atoms with Gasteiger partial charge < -0.3 is 29.9 Å². The normalized spacial score (nSPS) is 16.2. The standard InChI is InChI=1S/C21H26N4O2S2/c1-15-14-24(20(28)22-16-6-4-8-18(12-16)26-2)10-11-25(15)21(29)23-17-7-5-9-19(13-17)27-3/h4-9,12-13,15H,10-11,14H2,1-3H3,(H,22,28)(H,23,29)/t15-/m1/s1. The van der Waals surface area contributed by atoms with Crippen LogP contribution in [0.3, 0.4) is 0 Å². The predicted molar refractivity (Wildman–Crippen MR) is 126 cm³/mol. The van der Waals surface area contributed by atoms with E-state index in [1.54, 1.807) is 14.2 Å². The number of hydrogen-bond donors (Lipinski definition) is 2. The molecule has 1 heterocycles. The number of ether oxygens (including phenoxy) is 2. The molecule has 0 saturated carbocycles. The van der Waals surface area contributed by atoms with Gasteiger partial charge in [0.25, 0.3) is 0 Å². The van der Waals surface area contributed by atoms with Crippen molar-refractivity contribution in [2.45, 2.75) is 13.0 Å². The molecule has 1 atom stereocenters. The first-order valence-electron chi connectivity index (χ1n) is 9.42. The van der Waals surface area contributed by atoms with Gasteiger partial charge in [-0.15, -0.1) is 0 Å². The van der Waals surface area contributed by atoms with Crippen LogP contribution in [0.4, 0.5) is 11.4 Å². The second-order valence-corrected chi connectivity index (χ2v) is 7.59. The van der Waals surface area contributed by atoms with Crippen molar-refractivity contribution in [3.05, 3.63) is 48.5 Å². The molecule has 1 aliphatic rings. The van der Waals surface area contributed by atoms with Crippen LogP contribution in [0.25, 0.3) is 0 Å². The van der Waals surface area contributed by atoms with Gasteiger partial charge in [0.2, 0.25) is 0 Å². The van der Waals surface area contributed by atoms with Gasteiger partial charge in [-0.1, -0.05) is 12.1 Å². The lowest BCUT2D eigenvalue weighted by molar-refractivity contribution is 0.200. The van der Waals surface area contributed by atoms with Gasteiger partial charge in [0.15, 0.2) is 10.2 Å². The van der Waals surface area contributed by atoms with E-state index in [0.29, 0.717) is 10.2 Å². The van der Waals surface area contributed by atoms with Crippen molar-refractivity contribution in [2.75, 3.05) is 44.5 Å². The monoisotopic (exact) mass is 430 g/mol. The summed E-state index contributed by atoms with van der Waals surface area (Å²) in [6, 6.07) is 15.7. The highest BCUT2D eigenvalue weighted by Gasteiger charge is 2.27. The van der Waals surface area contributed by atoms with Gasteiger partial charge >= 0.3 is 0 Å². The Hall–Kier alpha value is -2.58. The lowest BCUT2D eigenvalue weighted by Gasteiger charge is -2.42. The van der Waals surface area contributed by atoms with Gasteiger partial charge in [-0.3, -0.25) is 0 Å². The van der Waals surface area contributed by atoms with E-state index >= 15 is 0 Å². The van der Waals surface area contributed by atoms with Crippen LogP contribution in [0.2, 0.25) is 0 Å². The highest BCUT2D eigenvalue weighted by Crippen LogP contribution is 2.20. The Morgan fingerprint density at radius 2 is 1.45 bits per heavy atom. The van der Waals surface area contributed by atoms with Crippen molar-refractivity contribution in [3.63, 3.8) is 0 Å². The minimum atomic E-state index is 0.222. The summed E-state index contributed by atoms with van der Waals surface area (Å²) >= 11 is 11.3. The quantitative estimate of drug-likeness (QED) is 0.711. The fourth-order valence-electron chi connectivity index (χ4n) is 3.24. The summed E-state index contributed by atoms with van der Waals surface area (Å²) in [6.45, 7) is 4.52. The van der Waals surface area contributed by atoms with Crippen molar-refractivity contribution < 1.29 is 9.47 Å². The zero-order chi connectivity index (χ0) is 20.8. The number of nitrogens with zero attached hydrogens (tertiary/aromatic N) is 2. The average molecular weight is 431 g/mol. The first-order chi connectivity index (χ1) is 14.0. The van der Waals surface area contributed by atoms with Crippen molar-refractivity contribution >= 4 is 46.0 Å². The molecule has 154 valence electrons. The maximum Gasteiger partial charge on any atom is 0.173 e. The highest BCUT2D eigenvalue weighted by atomic mass is 32.1. The van der Waals surface area contributed by atoms with Gasteiger partial charge in [0.05, 0.1) is 14.2 Å². The van der Waals surface area contributed by atoms with Crippen LogP contribution in [-0.2, 0) is 0 Å². The first kappa shape index (κ1) is 21.1. The molecular formula is C21H26N4O2S2. The molecule has 2 N–H and O–H groups in total. The summed E-state index contributed by atoms with van der Waals surface area (Å²) in [4.78, 5) is 4.36. The number of thiocarbonyl (C=S) groups is 2. The molecule has 29 heavy (non-hydrogen) atoms. The van der Waals surface area contributed by atoms with Crippen LogP contribution in [0.5, 0.6) is 11.5 Å². The van der Waals surface area contributed by atoms with Gasteiger partial charge in [-0.25, -0.2) is 0 Å². The van der Waals surface area contributed by atoms with E-state index in [-0.39, 0.29) is 6.04 Å². The molecule has 2 aromatic carbocycles. The number of benzene rings is 2. The minimum Gasteiger partial charge on any atom is -0.497 e. The fourth-order valence-corrected chi connectivity index (χ4v) is 3.92. The van der Waals surface area contributed by atoms with Crippen LogP contribution in [-0.4, -0.2) is 59.9 Å². The molecule has 1 fully saturated rings. The molecule has 0 bridgehead atoms. The molecule has 6 nitrogen and oxygen atoms in total. The molecule has 0 spiro atoms. The summed E-state index contributed by atoms with van der Waals surface area (Å²) in [5.74, 6) is 1.59. The number of anilines is 2. The van der Waals surface area contributed by atoms with Crippen LogP contribution < -0.4 is 20.1 Å². The third kappa shape index (κ3) is 5.48. The van der Waals surface area contributed by atoms with Gasteiger partial charge in [-0.05, 0) is 55.6 Å². The molecule has 1 aliphatic heterocycles. The Bertz CT molecular complexity index is 877. The number of rotatable bonds is 4. The number of nitrogens with one attached hydrogen (secondary N) is 2. The summed E-state index contributed by atoms with van der Waals surface area (Å²) < 4.78 is 10.5. The average Bonchev–Trinajstić information content (AvgIpc) is 2.73. The zero-order valence-electron chi connectivity index (χ0n) is 16.8. The molecule has 0 unspecified atom stereocenters. The molecule has 0 aliphatic carbocycles. The summed E-state index contributed by atoms with van der Waals surface area (Å²) in [5.41, 5.74) is 1.83. The van der Waals surface area contributed by atoms with E-state index in [1.807, 2.05) is 48.5 Å². The van der Waals surface area contributed by atoms with Crippen LogP contribution in [0, 0.1) is 0 Å². The second kappa shape index (κ2) is 9.76. The third-order valence-electron chi connectivity index (χ3n) is 4.82. The van der Waals surface area contributed by atoms with Crippen LogP contribution in [0.15, 0.2) is 48.5 Å². The molecule has 3 rings (SSSR count). The summed E-state index contributed by atoms with van der Waals surface area (Å²) in [6.07, 6.45) is 0. The van der Waals surface area contributed by atoms with E-state index in [9.17, 15) is 0 Å². The van der Waals surface area contributed by atoms with Gasteiger partial charge in [-0.2, -0.15) is 0 Å². The van der Waals surface area contributed by atoms with E-state index in [4.69, 9.17) is 33.9 Å². The smallest absolute Gasteiger partial charge is 0.173 e. The SMILES string of the molecule is COc1cccc(NC(=S)N2CCN(C(=S)Nc3cccc(OC)c3)[C@H](C)C2)c1. The van der Waals surface area contributed by atoms with Crippen LogP contribution in [0.1, 0.15) is 6.92 Å². The Morgan fingerprint density at radius 3 is 1.97 bits per heavy atom. The Labute approximate surface area is 182 Å². The van der Waals surface area contributed by atoms with E-state index in [2.05, 4.69) is 27.4 Å². The van der Waals surface area contributed by atoms with Crippen molar-refractivity contribution in [1.82, 2.24) is 9.80 Å². The summed E-state index contributed by atoms with van der Waals surface area (Å²) in [7, 11) is 3.31. The lowest BCUT2D eigenvalue weighted by Crippen LogP contribution is -2.57. The highest BCUT2D eigenvalue weighted by molar-refractivity contribution is 7.80. The topological polar surface area (TPSA) is 49.0 Å². The largest absolute Gasteiger partial charge is 0.497 e. The Balaban J connectivity index is 1.56. The molecule has 1 saturated heterocycles. The molecule has 0 amide bonds.